The van der Waals surface area contributed by atoms with Crippen molar-refractivity contribution in [3.8, 4) is 0 Å². The lowest BCUT2D eigenvalue weighted by molar-refractivity contribution is -0.151. The van der Waals surface area contributed by atoms with E-state index in [1.165, 1.54) is 26.0 Å². The summed E-state index contributed by atoms with van der Waals surface area (Å²) in [4.78, 5) is 11.2. The van der Waals surface area contributed by atoms with Gasteiger partial charge in [0.15, 0.2) is 0 Å². The topological polar surface area (TPSA) is 49.3 Å². The fraction of sp³-hybridized carbons (Fsp3) is 0.533. The lowest BCUT2D eigenvalue weighted by atomic mass is 9.74. The first kappa shape index (κ1) is 16.6. The third-order valence-corrected chi connectivity index (χ3v) is 4.05. The van der Waals surface area contributed by atoms with Gasteiger partial charge in [-0.2, -0.15) is 8.78 Å². The number of nitrogens with one attached hydrogen (secondary N) is 1. The van der Waals surface area contributed by atoms with Crippen LogP contribution in [0.5, 0.6) is 0 Å². The van der Waals surface area contributed by atoms with Crippen molar-refractivity contribution in [1.82, 2.24) is 5.32 Å². The van der Waals surface area contributed by atoms with Gasteiger partial charge in [-0.1, -0.05) is 30.3 Å². The fourth-order valence-corrected chi connectivity index (χ4v) is 1.60. The van der Waals surface area contributed by atoms with Crippen molar-refractivity contribution in [3.63, 3.8) is 0 Å². The molecule has 1 aromatic carbocycles. The monoisotopic (exact) mass is 285 g/mol. The van der Waals surface area contributed by atoms with Gasteiger partial charge in [-0.3, -0.25) is 4.79 Å². The summed E-state index contributed by atoms with van der Waals surface area (Å²) in [6.45, 7) is 5.65. The van der Waals surface area contributed by atoms with E-state index in [2.05, 4.69) is 5.32 Å². The number of carboxylic acids is 1. The van der Waals surface area contributed by atoms with Crippen molar-refractivity contribution in [2.75, 3.05) is 6.54 Å². The molecule has 112 valence electrons. The predicted molar refractivity (Wildman–Crippen MR) is 73.8 cm³/mol. The molecule has 0 unspecified atom stereocenters. The van der Waals surface area contributed by atoms with Crippen molar-refractivity contribution < 1.29 is 18.7 Å². The van der Waals surface area contributed by atoms with E-state index in [1.807, 2.05) is 0 Å². The van der Waals surface area contributed by atoms with Crippen LogP contribution in [0.15, 0.2) is 30.3 Å². The summed E-state index contributed by atoms with van der Waals surface area (Å²) in [5.74, 6) is -4.08. The Bertz CT molecular complexity index is 470. The van der Waals surface area contributed by atoms with Crippen molar-refractivity contribution in [2.24, 2.45) is 5.41 Å². The molecule has 0 saturated heterocycles. The highest BCUT2D eigenvalue weighted by atomic mass is 19.3. The van der Waals surface area contributed by atoms with Gasteiger partial charge in [0.1, 0.15) is 0 Å². The molecule has 0 aliphatic heterocycles. The number of rotatable bonds is 6. The molecule has 0 radical (unpaired) electrons. The SMILES string of the molecule is CC(C)(NCC(F)(F)c1ccccc1)C(C)(C)C(=O)O. The number of aliphatic carboxylic acids is 1. The van der Waals surface area contributed by atoms with Crippen LogP contribution in [0.4, 0.5) is 8.78 Å². The van der Waals surface area contributed by atoms with Gasteiger partial charge in [0, 0.05) is 11.1 Å². The smallest absolute Gasteiger partial charge is 0.310 e. The Balaban J connectivity index is 2.83. The molecule has 0 amide bonds. The average Bonchev–Trinajstić information content (AvgIpc) is 2.37. The highest BCUT2D eigenvalue weighted by molar-refractivity contribution is 5.75. The Morgan fingerprint density at radius 3 is 2.10 bits per heavy atom. The summed E-state index contributed by atoms with van der Waals surface area (Å²) >= 11 is 0. The summed E-state index contributed by atoms with van der Waals surface area (Å²) in [7, 11) is 0. The van der Waals surface area contributed by atoms with Crippen molar-refractivity contribution in [2.45, 2.75) is 39.2 Å². The third-order valence-electron chi connectivity index (χ3n) is 4.05. The third kappa shape index (κ3) is 3.33. The summed E-state index contributed by atoms with van der Waals surface area (Å²) in [5, 5.41) is 11.9. The van der Waals surface area contributed by atoms with Crippen LogP contribution in [0.3, 0.4) is 0 Å². The summed E-state index contributed by atoms with van der Waals surface area (Å²) in [6, 6.07) is 7.49. The van der Waals surface area contributed by atoms with E-state index in [0.717, 1.165) is 0 Å². The minimum Gasteiger partial charge on any atom is -0.481 e. The first-order valence-electron chi connectivity index (χ1n) is 6.42. The van der Waals surface area contributed by atoms with Crippen LogP contribution in [0, 0.1) is 5.41 Å². The molecule has 0 aliphatic carbocycles. The van der Waals surface area contributed by atoms with E-state index in [-0.39, 0.29) is 5.56 Å². The maximum Gasteiger partial charge on any atom is 0.310 e. The van der Waals surface area contributed by atoms with Gasteiger partial charge < -0.3 is 10.4 Å². The van der Waals surface area contributed by atoms with Gasteiger partial charge >= 0.3 is 5.97 Å². The van der Waals surface area contributed by atoms with E-state index in [0.29, 0.717) is 0 Å². The summed E-state index contributed by atoms with van der Waals surface area (Å²) in [5.41, 5.74) is -2.23. The summed E-state index contributed by atoms with van der Waals surface area (Å²) < 4.78 is 28.1. The molecule has 5 heteroatoms. The Kier molecular flexibility index (Phi) is 4.54. The first-order valence-corrected chi connectivity index (χ1v) is 6.42. The van der Waals surface area contributed by atoms with Crippen LogP contribution in [0.1, 0.15) is 33.3 Å². The molecule has 3 nitrogen and oxygen atoms in total. The minimum atomic E-state index is -3.05. The fourth-order valence-electron chi connectivity index (χ4n) is 1.60. The molecule has 2 N–H and O–H groups in total. The maximum atomic E-state index is 14.1. The van der Waals surface area contributed by atoms with Gasteiger partial charge in [0.2, 0.25) is 0 Å². The van der Waals surface area contributed by atoms with Gasteiger partial charge in [0.05, 0.1) is 12.0 Å². The lowest BCUT2D eigenvalue weighted by Gasteiger charge is -2.40. The first-order chi connectivity index (χ1) is 9.01. The number of carboxylic acid groups (broad SMARTS) is 1. The van der Waals surface area contributed by atoms with Gasteiger partial charge in [-0.25, -0.2) is 0 Å². The zero-order chi connectivity index (χ0) is 15.6. The van der Waals surface area contributed by atoms with Crippen LogP contribution < -0.4 is 5.32 Å². The van der Waals surface area contributed by atoms with Crippen LogP contribution in [-0.2, 0) is 10.7 Å². The van der Waals surface area contributed by atoms with Crippen molar-refractivity contribution >= 4 is 5.97 Å². The van der Waals surface area contributed by atoms with Crippen LogP contribution >= 0.6 is 0 Å². The van der Waals surface area contributed by atoms with E-state index in [4.69, 9.17) is 0 Å². The van der Waals surface area contributed by atoms with E-state index in [9.17, 15) is 18.7 Å². The average molecular weight is 285 g/mol. The Morgan fingerprint density at radius 1 is 1.15 bits per heavy atom. The lowest BCUT2D eigenvalue weighted by Crippen LogP contribution is -2.57. The molecule has 0 saturated carbocycles. The number of hydrogen-bond donors (Lipinski definition) is 2. The van der Waals surface area contributed by atoms with Crippen molar-refractivity contribution in [1.29, 1.82) is 0 Å². The number of alkyl halides is 2. The molecule has 0 aromatic heterocycles. The Hall–Kier alpha value is -1.49. The molecular weight excluding hydrogens is 264 g/mol. The van der Waals surface area contributed by atoms with Crippen LogP contribution in [-0.4, -0.2) is 23.2 Å². The minimum absolute atomic E-state index is 0.0866. The van der Waals surface area contributed by atoms with E-state index >= 15 is 0 Å². The molecule has 1 aromatic rings. The number of carbonyl (C=O) groups is 1. The standard InChI is InChI=1S/C15H21F2NO2/c1-13(2,12(19)20)14(3,4)18-10-15(16,17)11-8-6-5-7-9-11/h5-9,18H,10H2,1-4H3,(H,19,20). The second-order valence-corrected chi connectivity index (χ2v) is 5.98. The molecule has 0 atom stereocenters. The molecule has 0 aliphatic rings. The van der Waals surface area contributed by atoms with Gasteiger partial charge in [-0.05, 0) is 27.7 Å². The summed E-state index contributed by atoms with van der Waals surface area (Å²) in [6.07, 6.45) is 0. The van der Waals surface area contributed by atoms with Crippen molar-refractivity contribution in [3.05, 3.63) is 35.9 Å². The zero-order valence-corrected chi connectivity index (χ0v) is 12.2. The highest BCUT2D eigenvalue weighted by Gasteiger charge is 2.45. The Labute approximate surface area is 118 Å². The largest absolute Gasteiger partial charge is 0.481 e. The van der Waals surface area contributed by atoms with Gasteiger partial charge in [-0.15, -0.1) is 0 Å². The number of halogens is 2. The molecule has 0 heterocycles. The highest BCUT2D eigenvalue weighted by Crippen LogP contribution is 2.33. The number of hydrogen-bond acceptors (Lipinski definition) is 2. The van der Waals surface area contributed by atoms with Crippen LogP contribution in [0.25, 0.3) is 0 Å². The second kappa shape index (κ2) is 5.48. The quantitative estimate of drug-likeness (QED) is 0.843. The molecule has 1 rings (SSSR count). The predicted octanol–water partition coefficient (Wildman–Crippen LogP) is 3.26. The zero-order valence-electron chi connectivity index (χ0n) is 12.2. The van der Waals surface area contributed by atoms with Gasteiger partial charge in [0.25, 0.3) is 5.92 Å². The van der Waals surface area contributed by atoms with Crippen LogP contribution in [0.2, 0.25) is 0 Å². The number of benzene rings is 1. The second-order valence-electron chi connectivity index (χ2n) is 5.98. The van der Waals surface area contributed by atoms with E-state index in [1.54, 1.807) is 32.0 Å². The molecule has 0 fully saturated rings. The van der Waals surface area contributed by atoms with E-state index < -0.39 is 29.4 Å². The molecule has 20 heavy (non-hydrogen) atoms. The molecule has 0 bridgehead atoms. The normalized spacial score (nSPS) is 13.3. The Morgan fingerprint density at radius 2 is 1.65 bits per heavy atom. The molecule has 0 spiro atoms. The molecular formula is C15H21F2NO2. The maximum absolute atomic E-state index is 14.1.